The van der Waals surface area contributed by atoms with Crippen molar-refractivity contribution in [1.82, 2.24) is 10.3 Å². The largest absolute Gasteiger partial charge is 0.416 e. The average molecular weight is 320 g/mol. The lowest BCUT2D eigenvalue weighted by Crippen LogP contribution is -2.23. The lowest BCUT2D eigenvalue weighted by atomic mass is 10.1. The summed E-state index contributed by atoms with van der Waals surface area (Å²) < 4.78 is 38.0. The van der Waals surface area contributed by atoms with Crippen LogP contribution in [0, 0.1) is 0 Å². The molecule has 2 aromatic rings. The van der Waals surface area contributed by atoms with Crippen molar-refractivity contribution in [1.29, 1.82) is 0 Å². The maximum atomic E-state index is 12.7. The topological polar surface area (TPSA) is 42.0 Å². The number of pyridine rings is 1. The Labute approximate surface area is 131 Å². The van der Waals surface area contributed by atoms with Gasteiger partial charge in [0.25, 0.3) is 5.91 Å². The highest BCUT2D eigenvalue weighted by Crippen LogP contribution is 2.38. The van der Waals surface area contributed by atoms with Gasteiger partial charge in [-0.1, -0.05) is 12.1 Å². The van der Waals surface area contributed by atoms with Crippen LogP contribution in [-0.2, 0) is 12.7 Å². The zero-order chi connectivity index (χ0) is 16.4. The fraction of sp³-hybridized carbons (Fsp3) is 0.294. The first-order chi connectivity index (χ1) is 10.9. The minimum atomic E-state index is -4.46. The van der Waals surface area contributed by atoms with Crippen LogP contribution in [0.1, 0.15) is 45.9 Å². The molecule has 0 spiro atoms. The van der Waals surface area contributed by atoms with E-state index in [2.05, 4.69) is 10.3 Å². The van der Waals surface area contributed by atoms with E-state index in [9.17, 15) is 18.0 Å². The molecule has 3 rings (SSSR count). The van der Waals surface area contributed by atoms with Crippen LogP contribution in [-0.4, -0.2) is 10.9 Å². The summed E-state index contributed by atoms with van der Waals surface area (Å²) in [5.41, 5.74) is 1.02. The highest BCUT2D eigenvalue weighted by molar-refractivity contribution is 5.94. The van der Waals surface area contributed by atoms with Gasteiger partial charge < -0.3 is 5.32 Å². The van der Waals surface area contributed by atoms with Crippen molar-refractivity contribution in [3.63, 3.8) is 0 Å². The number of hydrogen-bond donors (Lipinski definition) is 1. The van der Waals surface area contributed by atoms with Crippen molar-refractivity contribution in [2.24, 2.45) is 0 Å². The van der Waals surface area contributed by atoms with Gasteiger partial charge in [-0.15, -0.1) is 0 Å². The van der Waals surface area contributed by atoms with Crippen molar-refractivity contribution in [2.75, 3.05) is 0 Å². The van der Waals surface area contributed by atoms with E-state index in [-0.39, 0.29) is 12.1 Å². The van der Waals surface area contributed by atoms with E-state index in [0.29, 0.717) is 5.92 Å². The summed E-state index contributed by atoms with van der Waals surface area (Å²) >= 11 is 0. The van der Waals surface area contributed by atoms with E-state index in [4.69, 9.17) is 0 Å². The lowest BCUT2D eigenvalue weighted by molar-refractivity contribution is -0.137. The summed E-state index contributed by atoms with van der Waals surface area (Å²) in [4.78, 5) is 16.3. The Bertz CT molecular complexity index is 707. The molecule has 1 aliphatic carbocycles. The van der Waals surface area contributed by atoms with Gasteiger partial charge in [0.1, 0.15) is 0 Å². The molecule has 1 aromatic heterocycles. The van der Waals surface area contributed by atoms with Crippen LogP contribution in [0.15, 0.2) is 42.6 Å². The van der Waals surface area contributed by atoms with Crippen LogP contribution in [0.4, 0.5) is 13.2 Å². The predicted molar refractivity (Wildman–Crippen MR) is 78.8 cm³/mol. The number of halogens is 3. The Hall–Kier alpha value is -2.37. The van der Waals surface area contributed by atoms with Crippen molar-refractivity contribution in [3.8, 4) is 0 Å². The van der Waals surface area contributed by atoms with Gasteiger partial charge in [-0.2, -0.15) is 13.2 Å². The molecule has 0 bridgehead atoms. The highest BCUT2D eigenvalue weighted by atomic mass is 19.4. The van der Waals surface area contributed by atoms with Gasteiger partial charge in [-0.3, -0.25) is 9.78 Å². The third-order valence-electron chi connectivity index (χ3n) is 3.75. The molecular formula is C17H15F3N2O. The van der Waals surface area contributed by atoms with E-state index in [0.717, 1.165) is 23.4 Å². The van der Waals surface area contributed by atoms with Gasteiger partial charge >= 0.3 is 6.18 Å². The molecular weight excluding hydrogens is 305 g/mol. The maximum Gasteiger partial charge on any atom is 0.416 e. The summed E-state index contributed by atoms with van der Waals surface area (Å²) in [6.45, 7) is 0.229. The van der Waals surface area contributed by atoms with Gasteiger partial charge in [0.2, 0.25) is 0 Å². The van der Waals surface area contributed by atoms with Crippen molar-refractivity contribution in [2.45, 2.75) is 31.5 Å². The first-order valence-electron chi connectivity index (χ1n) is 7.34. The Balaban J connectivity index is 1.62. The zero-order valence-electron chi connectivity index (χ0n) is 12.2. The molecule has 1 amide bonds. The number of carbonyl (C=O) groups excluding carboxylic acids is 1. The molecule has 0 radical (unpaired) electrons. The summed E-state index contributed by atoms with van der Waals surface area (Å²) in [7, 11) is 0. The van der Waals surface area contributed by atoms with Gasteiger partial charge in [0.05, 0.1) is 5.56 Å². The number of amides is 1. The third kappa shape index (κ3) is 3.88. The molecule has 23 heavy (non-hydrogen) atoms. The van der Waals surface area contributed by atoms with Crippen LogP contribution in [0.3, 0.4) is 0 Å². The summed E-state index contributed by atoms with van der Waals surface area (Å²) in [5.74, 6) is 0.0196. The number of rotatable bonds is 4. The van der Waals surface area contributed by atoms with Crippen molar-refractivity contribution >= 4 is 5.91 Å². The van der Waals surface area contributed by atoms with Gasteiger partial charge in [-0.05, 0) is 42.7 Å². The molecule has 1 aliphatic rings. The van der Waals surface area contributed by atoms with E-state index in [1.165, 1.54) is 25.0 Å². The Morgan fingerprint density at radius 3 is 2.61 bits per heavy atom. The Kier molecular flexibility index (Phi) is 4.07. The monoisotopic (exact) mass is 320 g/mol. The zero-order valence-corrected chi connectivity index (χ0v) is 12.2. The normalized spacial score (nSPS) is 14.6. The minimum absolute atomic E-state index is 0.0117. The van der Waals surface area contributed by atoms with Gasteiger partial charge in [0, 0.05) is 29.9 Å². The van der Waals surface area contributed by atoms with E-state index < -0.39 is 17.6 Å². The standard InChI is InChI=1S/C17H15F3N2O/c18-17(19,20)14-3-1-2-13(8-14)16(23)22-10-11-4-7-15(21-9-11)12-5-6-12/h1-4,7-9,12H,5-6,10H2,(H,22,23). The number of aromatic nitrogens is 1. The van der Waals surface area contributed by atoms with Crippen LogP contribution >= 0.6 is 0 Å². The summed E-state index contributed by atoms with van der Waals surface area (Å²) in [5, 5.41) is 2.61. The second-order valence-electron chi connectivity index (χ2n) is 5.63. The molecule has 0 unspecified atom stereocenters. The molecule has 1 fully saturated rings. The summed E-state index contributed by atoms with van der Waals surface area (Å²) in [6, 6.07) is 8.19. The minimum Gasteiger partial charge on any atom is -0.348 e. The number of nitrogens with zero attached hydrogens (tertiary/aromatic N) is 1. The first-order valence-corrected chi connectivity index (χ1v) is 7.34. The molecule has 120 valence electrons. The fourth-order valence-electron chi connectivity index (χ4n) is 2.28. The number of hydrogen-bond acceptors (Lipinski definition) is 2. The maximum absolute atomic E-state index is 12.7. The summed E-state index contributed by atoms with van der Waals surface area (Å²) in [6.07, 6.45) is -0.434. The number of alkyl halides is 3. The number of benzene rings is 1. The van der Waals surface area contributed by atoms with E-state index in [1.807, 2.05) is 12.1 Å². The molecule has 0 atom stereocenters. The van der Waals surface area contributed by atoms with Crippen LogP contribution in [0.5, 0.6) is 0 Å². The van der Waals surface area contributed by atoms with Crippen LogP contribution < -0.4 is 5.32 Å². The SMILES string of the molecule is O=C(NCc1ccc(C2CC2)nc1)c1cccc(C(F)(F)F)c1. The molecule has 0 aliphatic heterocycles. The van der Waals surface area contributed by atoms with E-state index >= 15 is 0 Å². The lowest BCUT2D eigenvalue weighted by Gasteiger charge is -2.09. The smallest absolute Gasteiger partial charge is 0.348 e. The first kappa shape index (κ1) is 15.5. The molecule has 0 saturated heterocycles. The number of carbonyl (C=O) groups is 1. The molecule has 1 saturated carbocycles. The highest BCUT2D eigenvalue weighted by Gasteiger charge is 2.30. The molecule has 1 heterocycles. The second kappa shape index (κ2) is 6.02. The quantitative estimate of drug-likeness (QED) is 0.928. The fourth-order valence-corrected chi connectivity index (χ4v) is 2.28. The Morgan fingerprint density at radius 2 is 2.00 bits per heavy atom. The second-order valence-corrected chi connectivity index (χ2v) is 5.63. The number of nitrogens with one attached hydrogen (secondary N) is 1. The molecule has 3 nitrogen and oxygen atoms in total. The van der Waals surface area contributed by atoms with E-state index in [1.54, 1.807) is 6.20 Å². The molecule has 1 aromatic carbocycles. The van der Waals surface area contributed by atoms with Crippen molar-refractivity contribution < 1.29 is 18.0 Å². The van der Waals surface area contributed by atoms with Gasteiger partial charge in [0.15, 0.2) is 0 Å². The third-order valence-corrected chi connectivity index (χ3v) is 3.75. The van der Waals surface area contributed by atoms with Crippen molar-refractivity contribution in [3.05, 3.63) is 65.0 Å². The van der Waals surface area contributed by atoms with Crippen LogP contribution in [0.25, 0.3) is 0 Å². The predicted octanol–water partition coefficient (Wildman–Crippen LogP) is 3.91. The average Bonchev–Trinajstić information content (AvgIpc) is 3.37. The molecule has 1 N–H and O–H groups in total. The van der Waals surface area contributed by atoms with Gasteiger partial charge in [-0.25, -0.2) is 0 Å². The Morgan fingerprint density at radius 1 is 1.22 bits per heavy atom. The van der Waals surface area contributed by atoms with Crippen LogP contribution in [0.2, 0.25) is 0 Å². The molecule has 6 heteroatoms.